The summed E-state index contributed by atoms with van der Waals surface area (Å²) in [7, 11) is 0. The fraction of sp³-hybridized carbons (Fsp3) is 0. The molecule has 0 fully saturated rings. The molecule has 0 aliphatic heterocycles. The molecule has 0 saturated heterocycles. The Hall–Kier alpha value is -1.62. The number of hydrogen-bond donors (Lipinski definition) is 1. The van der Waals surface area contributed by atoms with Gasteiger partial charge in [0.05, 0.1) is 0 Å². The van der Waals surface area contributed by atoms with Crippen molar-refractivity contribution in [1.82, 2.24) is 19.7 Å². The first-order valence-corrected chi connectivity index (χ1v) is 3.91. The molecule has 2 aromatic heterocycles. The summed E-state index contributed by atoms with van der Waals surface area (Å²) in [4.78, 5) is 17.4. The molecular weight excluding hydrogens is 192 g/mol. The van der Waals surface area contributed by atoms with Crippen LogP contribution in [0.5, 0.6) is 0 Å². The van der Waals surface area contributed by atoms with E-state index in [4.69, 9.17) is 11.6 Å². The van der Waals surface area contributed by atoms with E-state index in [-0.39, 0.29) is 5.69 Å². The van der Waals surface area contributed by atoms with Crippen molar-refractivity contribution in [2.45, 2.75) is 0 Å². The fourth-order valence-corrected chi connectivity index (χ4v) is 1.09. The van der Waals surface area contributed by atoms with Crippen LogP contribution in [0.3, 0.4) is 0 Å². The summed E-state index contributed by atoms with van der Waals surface area (Å²) in [6, 6.07) is 4.97. The van der Waals surface area contributed by atoms with Crippen molar-refractivity contribution in [3.05, 3.63) is 40.2 Å². The first-order valence-electron chi connectivity index (χ1n) is 3.53. The van der Waals surface area contributed by atoms with Gasteiger partial charge in [-0.05, 0) is 12.1 Å². The highest BCUT2D eigenvalue weighted by molar-refractivity contribution is 6.29. The molecule has 0 spiro atoms. The van der Waals surface area contributed by atoms with Gasteiger partial charge >= 0.3 is 5.69 Å². The SMILES string of the molecule is O=c1[nH]cnn1-c1cccc(Cl)n1. The molecule has 0 unspecified atom stereocenters. The molecule has 0 aliphatic carbocycles. The Kier molecular flexibility index (Phi) is 1.86. The monoisotopic (exact) mass is 196 g/mol. The van der Waals surface area contributed by atoms with Crippen molar-refractivity contribution < 1.29 is 0 Å². The lowest BCUT2D eigenvalue weighted by molar-refractivity contribution is 0.813. The molecule has 0 radical (unpaired) electrons. The van der Waals surface area contributed by atoms with Gasteiger partial charge in [-0.3, -0.25) is 4.98 Å². The molecule has 0 bridgehead atoms. The molecule has 2 rings (SSSR count). The van der Waals surface area contributed by atoms with E-state index >= 15 is 0 Å². The second-order valence-electron chi connectivity index (χ2n) is 2.32. The van der Waals surface area contributed by atoms with Crippen LogP contribution in [-0.4, -0.2) is 19.7 Å². The van der Waals surface area contributed by atoms with Crippen molar-refractivity contribution in [2.75, 3.05) is 0 Å². The molecule has 2 aromatic rings. The predicted molar refractivity (Wildman–Crippen MR) is 47.0 cm³/mol. The van der Waals surface area contributed by atoms with E-state index in [1.165, 1.54) is 6.33 Å². The fourth-order valence-electron chi connectivity index (χ4n) is 0.934. The lowest BCUT2D eigenvalue weighted by Crippen LogP contribution is -2.17. The number of halogens is 1. The summed E-state index contributed by atoms with van der Waals surface area (Å²) >= 11 is 5.65. The number of pyridine rings is 1. The summed E-state index contributed by atoms with van der Waals surface area (Å²) in [6.45, 7) is 0. The summed E-state index contributed by atoms with van der Waals surface area (Å²) < 4.78 is 1.13. The van der Waals surface area contributed by atoms with Crippen LogP contribution < -0.4 is 5.69 Å². The Morgan fingerprint density at radius 2 is 2.31 bits per heavy atom. The first-order chi connectivity index (χ1) is 6.27. The van der Waals surface area contributed by atoms with E-state index in [9.17, 15) is 4.79 Å². The second kappa shape index (κ2) is 3.02. The van der Waals surface area contributed by atoms with Gasteiger partial charge in [-0.1, -0.05) is 17.7 Å². The Bertz CT molecular complexity index is 475. The Balaban J connectivity index is 2.59. The number of nitrogens with one attached hydrogen (secondary N) is 1. The highest BCUT2D eigenvalue weighted by Gasteiger charge is 2.02. The maximum Gasteiger partial charge on any atom is 0.349 e. The zero-order chi connectivity index (χ0) is 9.26. The van der Waals surface area contributed by atoms with Crippen LogP contribution in [0.15, 0.2) is 29.3 Å². The minimum absolute atomic E-state index is 0.326. The van der Waals surface area contributed by atoms with Gasteiger partial charge in [0.1, 0.15) is 11.5 Å². The number of aromatic amines is 1. The van der Waals surface area contributed by atoms with Gasteiger partial charge in [0.25, 0.3) is 0 Å². The quantitative estimate of drug-likeness (QED) is 0.680. The minimum atomic E-state index is -0.338. The molecule has 2 heterocycles. The third kappa shape index (κ3) is 1.46. The van der Waals surface area contributed by atoms with Crippen LogP contribution in [0, 0.1) is 0 Å². The highest BCUT2D eigenvalue weighted by Crippen LogP contribution is 2.06. The predicted octanol–water partition coefficient (Wildman–Crippen LogP) is 0.609. The second-order valence-corrected chi connectivity index (χ2v) is 2.71. The van der Waals surface area contributed by atoms with E-state index in [1.807, 2.05) is 0 Å². The largest absolute Gasteiger partial charge is 0.349 e. The molecule has 0 aromatic carbocycles. The van der Waals surface area contributed by atoms with Gasteiger partial charge in [0.15, 0.2) is 5.82 Å². The molecular formula is C7H5ClN4O. The van der Waals surface area contributed by atoms with Gasteiger partial charge in [-0.15, -0.1) is 0 Å². The van der Waals surface area contributed by atoms with Crippen molar-refractivity contribution >= 4 is 11.6 Å². The summed E-state index contributed by atoms with van der Waals surface area (Å²) in [5, 5.41) is 4.08. The number of hydrogen-bond acceptors (Lipinski definition) is 3. The standard InChI is InChI=1S/C7H5ClN4O/c8-5-2-1-3-6(11-5)12-7(13)9-4-10-12/h1-4H,(H,9,10,13). The lowest BCUT2D eigenvalue weighted by Gasteiger charge is -1.96. The van der Waals surface area contributed by atoms with Crippen molar-refractivity contribution in [1.29, 1.82) is 0 Å². The number of rotatable bonds is 1. The van der Waals surface area contributed by atoms with Gasteiger partial charge < -0.3 is 0 Å². The topological polar surface area (TPSA) is 63.6 Å². The molecule has 66 valence electrons. The van der Waals surface area contributed by atoms with Crippen molar-refractivity contribution in [3.8, 4) is 5.82 Å². The maximum absolute atomic E-state index is 11.1. The zero-order valence-electron chi connectivity index (χ0n) is 6.44. The van der Waals surface area contributed by atoms with Crippen LogP contribution >= 0.6 is 11.6 Å². The molecule has 1 N–H and O–H groups in total. The first kappa shape index (κ1) is 8.00. The molecule has 5 nitrogen and oxygen atoms in total. The third-order valence-corrected chi connectivity index (χ3v) is 1.68. The Morgan fingerprint density at radius 3 is 2.92 bits per heavy atom. The van der Waals surface area contributed by atoms with E-state index in [0.29, 0.717) is 11.0 Å². The molecule has 0 saturated carbocycles. The van der Waals surface area contributed by atoms with E-state index in [1.54, 1.807) is 18.2 Å². The van der Waals surface area contributed by atoms with Gasteiger partial charge in [-0.2, -0.15) is 9.78 Å². The van der Waals surface area contributed by atoms with E-state index in [2.05, 4.69) is 15.1 Å². The van der Waals surface area contributed by atoms with Gasteiger partial charge in [-0.25, -0.2) is 9.78 Å². The number of aromatic nitrogens is 4. The average Bonchev–Trinajstić information content (AvgIpc) is 2.51. The molecule has 13 heavy (non-hydrogen) atoms. The molecule has 0 aliphatic rings. The number of H-pyrrole nitrogens is 1. The number of nitrogens with zero attached hydrogens (tertiary/aromatic N) is 3. The summed E-state index contributed by atoms with van der Waals surface area (Å²) in [5.41, 5.74) is -0.338. The maximum atomic E-state index is 11.1. The van der Waals surface area contributed by atoms with Crippen LogP contribution in [0.4, 0.5) is 0 Å². The van der Waals surface area contributed by atoms with E-state index in [0.717, 1.165) is 4.68 Å². The molecule has 0 amide bonds. The Morgan fingerprint density at radius 1 is 1.46 bits per heavy atom. The van der Waals surface area contributed by atoms with Crippen LogP contribution in [-0.2, 0) is 0 Å². The molecule has 0 atom stereocenters. The van der Waals surface area contributed by atoms with Gasteiger partial charge in [0, 0.05) is 0 Å². The van der Waals surface area contributed by atoms with Crippen molar-refractivity contribution in [2.24, 2.45) is 0 Å². The Labute approximate surface area is 78.0 Å². The van der Waals surface area contributed by atoms with Crippen LogP contribution in [0.1, 0.15) is 0 Å². The minimum Gasteiger partial charge on any atom is -0.295 e. The normalized spacial score (nSPS) is 10.2. The third-order valence-electron chi connectivity index (χ3n) is 1.47. The van der Waals surface area contributed by atoms with E-state index < -0.39 is 0 Å². The summed E-state index contributed by atoms with van der Waals surface area (Å²) in [5.74, 6) is 0.402. The zero-order valence-corrected chi connectivity index (χ0v) is 7.19. The lowest BCUT2D eigenvalue weighted by atomic mass is 10.5. The average molecular weight is 197 g/mol. The molecule has 6 heteroatoms. The van der Waals surface area contributed by atoms with Crippen molar-refractivity contribution in [3.63, 3.8) is 0 Å². The van der Waals surface area contributed by atoms with Crippen LogP contribution in [0.25, 0.3) is 5.82 Å². The smallest absolute Gasteiger partial charge is 0.295 e. The summed E-state index contributed by atoms with van der Waals surface area (Å²) in [6.07, 6.45) is 1.30. The highest BCUT2D eigenvalue weighted by atomic mass is 35.5. The van der Waals surface area contributed by atoms with Gasteiger partial charge in [0.2, 0.25) is 0 Å². The van der Waals surface area contributed by atoms with Crippen LogP contribution in [0.2, 0.25) is 5.15 Å².